The van der Waals surface area contributed by atoms with Gasteiger partial charge >= 0.3 is 0 Å². The number of rotatable bonds is 5. The molecule has 0 bridgehead atoms. The van der Waals surface area contributed by atoms with Gasteiger partial charge in [0.05, 0.1) is 4.92 Å². The highest BCUT2D eigenvalue weighted by Crippen LogP contribution is 2.17. The van der Waals surface area contributed by atoms with Crippen LogP contribution < -0.4 is 10.5 Å². The molecule has 0 aliphatic carbocycles. The van der Waals surface area contributed by atoms with E-state index in [1.54, 1.807) is 36.4 Å². The zero-order valence-electron chi connectivity index (χ0n) is 11.0. The maximum Gasteiger partial charge on any atom is 0.269 e. The lowest BCUT2D eigenvalue weighted by molar-refractivity contribution is -0.384. The second kappa shape index (κ2) is 7.25. The number of non-ortho nitro benzene ring substituents is 1. The van der Waals surface area contributed by atoms with E-state index >= 15 is 0 Å². The molecule has 0 aromatic heterocycles. The van der Waals surface area contributed by atoms with Crippen LogP contribution in [-0.4, -0.2) is 10.8 Å². The smallest absolute Gasteiger partial charge is 0.269 e. The normalized spacial score (nSPS) is 9.52. The number of nitrogens with one attached hydrogen (secondary N) is 1. The Balaban J connectivity index is 0.00000220. The van der Waals surface area contributed by atoms with E-state index < -0.39 is 4.92 Å². The van der Waals surface area contributed by atoms with E-state index in [4.69, 9.17) is 15.9 Å². The van der Waals surface area contributed by atoms with Gasteiger partial charge in [-0.15, -0.1) is 12.4 Å². The summed E-state index contributed by atoms with van der Waals surface area (Å²) in [6.07, 6.45) is 0. The van der Waals surface area contributed by atoms with E-state index in [1.807, 2.05) is 0 Å². The minimum atomic E-state index is -0.445. The lowest BCUT2D eigenvalue weighted by atomic mass is 10.2. The maximum absolute atomic E-state index is 10.7. The minimum absolute atomic E-state index is 0. The Morgan fingerprint density at radius 3 is 2.62 bits per heavy atom. The number of benzene rings is 2. The first-order valence-corrected chi connectivity index (χ1v) is 5.87. The number of nitro groups is 1. The molecule has 2 aromatic carbocycles. The summed E-state index contributed by atoms with van der Waals surface area (Å²) in [5, 5.41) is 18.0. The van der Waals surface area contributed by atoms with Gasteiger partial charge < -0.3 is 10.5 Å². The number of nitrogens with zero attached hydrogens (tertiary/aromatic N) is 1. The van der Waals surface area contributed by atoms with E-state index in [1.165, 1.54) is 12.1 Å². The van der Waals surface area contributed by atoms with Crippen LogP contribution in [0.4, 0.5) is 5.69 Å². The molecule has 21 heavy (non-hydrogen) atoms. The average Bonchev–Trinajstić information content (AvgIpc) is 2.45. The molecule has 0 heterocycles. The number of ether oxygens (including phenoxy) is 1. The molecule has 0 aliphatic rings. The van der Waals surface area contributed by atoms with Crippen LogP contribution >= 0.6 is 12.4 Å². The molecular weight excluding hydrogens is 294 g/mol. The Kier molecular flexibility index (Phi) is 5.68. The maximum atomic E-state index is 10.7. The minimum Gasteiger partial charge on any atom is -0.489 e. The van der Waals surface area contributed by atoms with Crippen LogP contribution in [-0.2, 0) is 6.61 Å². The van der Waals surface area contributed by atoms with Crippen LogP contribution in [0, 0.1) is 15.5 Å². The molecule has 2 rings (SSSR count). The largest absolute Gasteiger partial charge is 0.489 e. The van der Waals surface area contributed by atoms with Crippen molar-refractivity contribution in [3.05, 3.63) is 69.8 Å². The standard InChI is InChI=1S/C14H13N3O3.ClH/c15-14(16)11-4-2-6-13(8-11)20-9-10-3-1-5-12(7-10)17(18)19;/h1-8H,9H2,(H3,15,16);1H. The molecule has 0 saturated carbocycles. The van der Waals surface area contributed by atoms with Gasteiger partial charge in [0.2, 0.25) is 0 Å². The van der Waals surface area contributed by atoms with Crippen molar-refractivity contribution in [1.29, 1.82) is 5.41 Å². The molecule has 0 spiro atoms. The number of halogens is 1. The van der Waals surface area contributed by atoms with Crippen molar-refractivity contribution >= 4 is 23.9 Å². The van der Waals surface area contributed by atoms with Gasteiger partial charge in [0.1, 0.15) is 18.2 Å². The van der Waals surface area contributed by atoms with Crippen LogP contribution in [0.15, 0.2) is 48.5 Å². The van der Waals surface area contributed by atoms with Crippen LogP contribution in [0.3, 0.4) is 0 Å². The van der Waals surface area contributed by atoms with E-state index in [0.29, 0.717) is 16.9 Å². The van der Waals surface area contributed by atoms with Gasteiger partial charge in [0.15, 0.2) is 0 Å². The van der Waals surface area contributed by atoms with Crippen molar-refractivity contribution in [3.8, 4) is 5.75 Å². The summed E-state index contributed by atoms with van der Waals surface area (Å²) in [5.74, 6) is 0.523. The average molecular weight is 308 g/mol. The molecule has 0 saturated heterocycles. The zero-order chi connectivity index (χ0) is 14.5. The highest BCUT2D eigenvalue weighted by atomic mass is 35.5. The number of amidine groups is 1. The second-order valence-corrected chi connectivity index (χ2v) is 4.16. The van der Waals surface area contributed by atoms with Gasteiger partial charge in [-0.25, -0.2) is 0 Å². The predicted molar refractivity (Wildman–Crippen MR) is 82.1 cm³/mol. The third-order valence-electron chi connectivity index (χ3n) is 2.67. The number of hydrogen-bond donors (Lipinski definition) is 2. The van der Waals surface area contributed by atoms with Crippen LogP contribution in [0.1, 0.15) is 11.1 Å². The Hall–Kier alpha value is -2.60. The van der Waals surface area contributed by atoms with E-state index in [2.05, 4.69) is 0 Å². The Morgan fingerprint density at radius 2 is 1.95 bits per heavy atom. The monoisotopic (exact) mass is 307 g/mol. The molecule has 0 radical (unpaired) electrons. The summed E-state index contributed by atoms with van der Waals surface area (Å²) in [4.78, 5) is 10.2. The molecule has 0 aliphatic heterocycles. The van der Waals surface area contributed by atoms with Gasteiger partial charge in [-0.3, -0.25) is 15.5 Å². The molecule has 2 aromatic rings. The third-order valence-corrected chi connectivity index (χ3v) is 2.67. The first kappa shape index (κ1) is 16.5. The fraction of sp³-hybridized carbons (Fsp3) is 0.0714. The van der Waals surface area contributed by atoms with Crippen molar-refractivity contribution in [3.63, 3.8) is 0 Å². The Bertz CT molecular complexity index is 604. The van der Waals surface area contributed by atoms with Crippen LogP contribution in [0.5, 0.6) is 5.75 Å². The fourth-order valence-electron chi connectivity index (χ4n) is 1.68. The highest BCUT2D eigenvalue weighted by molar-refractivity contribution is 5.95. The van der Waals surface area contributed by atoms with Gasteiger partial charge in [0, 0.05) is 17.7 Å². The van der Waals surface area contributed by atoms with Crippen molar-refractivity contribution in [2.24, 2.45) is 5.73 Å². The SMILES string of the molecule is Cl.N=C(N)c1cccc(OCc2cccc([N+](=O)[O-])c2)c1. The van der Waals surface area contributed by atoms with E-state index in [0.717, 1.165) is 0 Å². The summed E-state index contributed by atoms with van der Waals surface area (Å²) in [5.41, 5.74) is 6.70. The zero-order valence-corrected chi connectivity index (χ0v) is 11.8. The number of hydrogen-bond acceptors (Lipinski definition) is 4. The topological polar surface area (TPSA) is 102 Å². The molecule has 0 amide bonds. The van der Waals surface area contributed by atoms with Gasteiger partial charge in [0.25, 0.3) is 5.69 Å². The lowest BCUT2D eigenvalue weighted by Crippen LogP contribution is -2.10. The molecular formula is C14H14ClN3O3. The van der Waals surface area contributed by atoms with Gasteiger partial charge in [-0.05, 0) is 17.7 Å². The molecule has 0 fully saturated rings. The first-order chi connectivity index (χ1) is 9.56. The lowest BCUT2D eigenvalue weighted by Gasteiger charge is -2.07. The molecule has 0 atom stereocenters. The number of nitrogen functional groups attached to an aromatic ring is 1. The number of nitro benzene ring substituents is 1. The Labute approximate surface area is 127 Å². The summed E-state index contributed by atoms with van der Waals surface area (Å²) in [7, 11) is 0. The van der Waals surface area contributed by atoms with Crippen molar-refractivity contribution in [1.82, 2.24) is 0 Å². The first-order valence-electron chi connectivity index (χ1n) is 5.87. The summed E-state index contributed by atoms with van der Waals surface area (Å²) < 4.78 is 5.54. The van der Waals surface area contributed by atoms with Crippen molar-refractivity contribution in [2.45, 2.75) is 6.61 Å². The molecule has 3 N–H and O–H groups in total. The Morgan fingerprint density at radius 1 is 1.24 bits per heavy atom. The summed E-state index contributed by atoms with van der Waals surface area (Å²) in [6, 6.07) is 13.1. The predicted octanol–water partition coefficient (Wildman–Crippen LogP) is 2.88. The quantitative estimate of drug-likeness (QED) is 0.383. The fourth-order valence-corrected chi connectivity index (χ4v) is 1.68. The van der Waals surface area contributed by atoms with Crippen LogP contribution in [0.25, 0.3) is 0 Å². The van der Waals surface area contributed by atoms with Crippen LogP contribution in [0.2, 0.25) is 0 Å². The van der Waals surface area contributed by atoms with Gasteiger partial charge in [-0.2, -0.15) is 0 Å². The van der Waals surface area contributed by atoms with E-state index in [-0.39, 0.29) is 30.5 Å². The highest BCUT2D eigenvalue weighted by Gasteiger charge is 2.06. The summed E-state index contributed by atoms with van der Waals surface area (Å²) >= 11 is 0. The van der Waals surface area contributed by atoms with Crippen molar-refractivity contribution < 1.29 is 9.66 Å². The van der Waals surface area contributed by atoms with Gasteiger partial charge in [-0.1, -0.05) is 24.3 Å². The molecule has 6 nitrogen and oxygen atoms in total. The van der Waals surface area contributed by atoms with Crippen molar-refractivity contribution in [2.75, 3.05) is 0 Å². The molecule has 0 unspecified atom stereocenters. The molecule has 110 valence electrons. The second-order valence-electron chi connectivity index (χ2n) is 4.16. The molecule has 7 heteroatoms. The summed E-state index contributed by atoms with van der Waals surface area (Å²) in [6.45, 7) is 0.211. The number of nitrogens with two attached hydrogens (primary N) is 1. The van der Waals surface area contributed by atoms with E-state index in [9.17, 15) is 10.1 Å². The third kappa shape index (κ3) is 4.47.